The van der Waals surface area contributed by atoms with E-state index in [9.17, 15) is 9.59 Å². The second kappa shape index (κ2) is 8.31. The third kappa shape index (κ3) is 4.06. The lowest BCUT2D eigenvalue weighted by Crippen LogP contribution is -2.42. The molecule has 0 radical (unpaired) electrons. The highest BCUT2D eigenvalue weighted by Crippen LogP contribution is 2.44. The van der Waals surface area contributed by atoms with Crippen molar-refractivity contribution in [2.24, 2.45) is 0 Å². The van der Waals surface area contributed by atoms with Crippen LogP contribution in [0.25, 0.3) is 11.1 Å². The van der Waals surface area contributed by atoms with Crippen molar-refractivity contribution in [2.75, 3.05) is 6.61 Å². The SMILES string of the molecule is CC(=O)C(Cc1ccccc1)NC(=O)OCC1c2ccccc2-c2ccccc21. The average molecular weight is 385 g/mol. The highest BCUT2D eigenvalue weighted by molar-refractivity contribution is 5.85. The topological polar surface area (TPSA) is 55.4 Å². The summed E-state index contributed by atoms with van der Waals surface area (Å²) in [5.74, 6) is -0.0968. The highest BCUT2D eigenvalue weighted by Gasteiger charge is 2.29. The molecule has 1 atom stereocenters. The summed E-state index contributed by atoms with van der Waals surface area (Å²) < 4.78 is 5.56. The molecule has 0 aliphatic heterocycles. The quantitative estimate of drug-likeness (QED) is 0.668. The molecule has 1 N–H and O–H groups in total. The van der Waals surface area contributed by atoms with Crippen molar-refractivity contribution < 1.29 is 14.3 Å². The van der Waals surface area contributed by atoms with E-state index in [4.69, 9.17) is 4.74 Å². The first-order chi connectivity index (χ1) is 14.1. The van der Waals surface area contributed by atoms with E-state index in [1.165, 1.54) is 18.1 Å². The number of alkyl carbamates (subject to hydrolysis) is 1. The third-order valence-electron chi connectivity index (χ3n) is 5.41. The maximum Gasteiger partial charge on any atom is 0.407 e. The van der Waals surface area contributed by atoms with E-state index in [0.717, 1.165) is 16.7 Å². The molecule has 1 aliphatic carbocycles. The number of rotatable bonds is 6. The molecule has 0 saturated carbocycles. The molecule has 0 bridgehead atoms. The Morgan fingerprint density at radius 3 is 2.00 bits per heavy atom. The van der Waals surface area contributed by atoms with Crippen molar-refractivity contribution in [1.29, 1.82) is 0 Å². The van der Waals surface area contributed by atoms with E-state index in [1.807, 2.05) is 54.6 Å². The standard InChI is InChI=1S/C25H23NO3/c1-17(27)24(15-18-9-3-2-4-10-18)26-25(28)29-16-23-21-13-7-5-11-19(21)20-12-6-8-14-22(20)23/h2-14,23-24H,15-16H2,1H3,(H,26,28). The minimum Gasteiger partial charge on any atom is -0.449 e. The number of nitrogens with one attached hydrogen (secondary N) is 1. The molecule has 0 fully saturated rings. The molecular weight excluding hydrogens is 362 g/mol. The van der Waals surface area contributed by atoms with E-state index in [-0.39, 0.29) is 18.3 Å². The average Bonchev–Trinajstić information content (AvgIpc) is 3.06. The zero-order valence-corrected chi connectivity index (χ0v) is 16.3. The Hall–Kier alpha value is -3.40. The normalized spacial score (nSPS) is 13.3. The van der Waals surface area contributed by atoms with E-state index in [1.54, 1.807) is 0 Å². The van der Waals surface area contributed by atoms with Gasteiger partial charge < -0.3 is 10.1 Å². The van der Waals surface area contributed by atoms with E-state index in [2.05, 4.69) is 29.6 Å². The summed E-state index contributed by atoms with van der Waals surface area (Å²) in [6.45, 7) is 1.72. The zero-order valence-electron chi connectivity index (χ0n) is 16.3. The number of ether oxygens (including phenoxy) is 1. The molecule has 0 aromatic heterocycles. The van der Waals surface area contributed by atoms with Crippen LogP contribution < -0.4 is 5.32 Å². The molecule has 4 nitrogen and oxygen atoms in total. The molecule has 3 aromatic carbocycles. The molecule has 146 valence electrons. The summed E-state index contributed by atoms with van der Waals surface area (Å²) in [5, 5.41) is 2.73. The summed E-state index contributed by atoms with van der Waals surface area (Å²) in [7, 11) is 0. The van der Waals surface area contributed by atoms with Crippen molar-refractivity contribution in [1.82, 2.24) is 5.32 Å². The summed E-state index contributed by atoms with van der Waals surface area (Å²) in [4.78, 5) is 24.4. The molecule has 0 spiro atoms. The first-order valence-electron chi connectivity index (χ1n) is 9.79. The predicted octanol–water partition coefficient (Wildman–Crippen LogP) is 4.73. The van der Waals surface area contributed by atoms with Gasteiger partial charge in [-0.25, -0.2) is 4.79 Å². The zero-order chi connectivity index (χ0) is 20.2. The van der Waals surface area contributed by atoms with Gasteiger partial charge in [0, 0.05) is 5.92 Å². The van der Waals surface area contributed by atoms with Crippen LogP contribution in [0.15, 0.2) is 78.9 Å². The Kier molecular flexibility index (Phi) is 5.43. The lowest BCUT2D eigenvalue weighted by atomic mass is 9.98. The summed E-state index contributed by atoms with van der Waals surface area (Å²) in [6.07, 6.45) is -0.122. The Morgan fingerprint density at radius 2 is 1.41 bits per heavy atom. The molecule has 1 amide bonds. The molecule has 4 rings (SSSR count). The van der Waals surface area contributed by atoms with Crippen LogP contribution in [0.4, 0.5) is 4.79 Å². The Labute approximate surface area is 170 Å². The van der Waals surface area contributed by atoms with Gasteiger partial charge in [0.15, 0.2) is 5.78 Å². The lowest BCUT2D eigenvalue weighted by Gasteiger charge is -2.18. The predicted molar refractivity (Wildman–Crippen MR) is 113 cm³/mol. The number of carbonyl (C=O) groups excluding carboxylic acids is 2. The second-order valence-electron chi connectivity index (χ2n) is 7.32. The fourth-order valence-electron chi connectivity index (χ4n) is 3.93. The van der Waals surface area contributed by atoms with Gasteiger partial charge in [-0.15, -0.1) is 0 Å². The second-order valence-corrected chi connectivity index (χ2v) is 7.32. The van der Waals surface area contributed by atoms with Gasteiger partial charge in [-0.05, 0) is 41.2 Å². The van der Waals surface area contributed by atoms with Crippen LogP contribution in [0, 0.1) is 0 Å². The highest BCUT2D eigenvalue weighted by atomic mass is 16.5. The van der Waals surface area contributed by atoms with Gasteiger partial charge in [0.1, 0.15) is 6.61 Å². The Morgan fingerprint density at radius 1 is 0.862 bits per heavy atom. The number of benzene rings is 3. The first-order valence-corrected chi connectivity index (χ1v) is 9.79. The van der Waals surface area contributed by atoms with Crippen LogP contribution in [-0.2, 0) is 16.0 Å². The van der Waals surface area contributed by atoms with Crippen LogP contribution >= 0.6 is 0 Å². The molecular formula is C25H23NO3. The molecule has 0 heterocycles. The largest absolute Gasteiger partial charge is 0.449 e. The van der Waals surface area contributed by atoms with Crippen molar-refractivity contribution in [3.63, 3.8) is 0 Å². The minimum absolute atomic E-state index is 0.00180. The van der Waals surface area contributed by atoms with Gasteiger partial charge in [-0.2, -0.15) is 0 Å². The maximum atomic E-state index is 12.4. The molecule has 29 heavy (non-hydrogen) atoms. The first kappa shape index (κ1) is 18.9. The lowest BCUT2D eigenvalue weighted by molar-refractivity contribution is -0.118. The van der Waals surface area contributed by atoms with Gasteiger partial charge in [0.25, 0.3) is 0 Å². The number of hydrogen-bond acceptors (Lipinski definition) is 3. The van der Waals surface area contributed by atoms with Crippen LogP contribution in [-0.4, -0.2) is 24.5 Å². The number of fused-ring (bicyclic) bond motifs is 3. The molecule has 1 unspecified atom stereocenters. The number of Topliss-reactive ketones (excluding diaryl/α,β-unsaturated/α-hetero) is 1. The molecule has 4 heteroatoms. The van der Waals surface area contributed by atoms with Crippen LogP contribution in [0.2, 0.25) is 0 Å². The Balaban J connectivity index is 1.43. The van der Waals surface area contributed by atoms with Gasteiger partial charge in [-0.1, -0.05) is 78.9 Å². The van der Waals surface area contributed by atoms with Crippen LogP contribution in [0.1, 0.15) is 29.5 Å². The van der Waals surface area contributed by atoms with Crippen molar-refractivity contribution in [2.45, 2.75) is 25.3 Å². The minimum atomic E-state index is -0.604. The van der Waals surface area contributed by atoms with E-state index >= 15 is 0 Å². The monoisotopic (exact) mass is 385 g/mol. The summed E-state index contributed by atoms with van der Waals surface area (Å²) in [6, 6.07) is 25.4. The number of ketones is 1. The Bertz CT molecular complexity index is 984. The maximum absolute atomic E-state index is 12.4. The van der Waals surface area contributed by atoms with Gasteiger partial charge >= 0.3 is 6.09 Å². The molecule has 3 aromatic rings. The van der Waals surface area contributed by atoms with Crippen molar-refractivity contribution >= 4 is 11.9 Å². The summed E-state index contributed by atoms with van der Waals surface area (Å²) in [5.41, 5.74) is 5.68. The number of amides is 1. The van der Waals surface area contributed by atoms with Gasteiger partial charge in [-0.3, -0.25) is 4.79 Å². The summed E-state index contributed by atoms with van der Waals surface area (Å²) >= 11 is 0. The van der Waals surface area contributed by atoms with Crippen LogP contribution in [0.5, 0.6) is 0 Å². The fourth-order valence-corrected chi connectivity index (χ4v) is 3.93. The van der Waals surface area contributed by atoms with Gasteiger partial charge in [0.2, 0.25) is 0 Å². The van der Waals surface area contributed by atoms with E-state index in [0.29, 0.717) is 6.42 Å². The smallest absolute Gasteiger partial charge is 0.407 e. The van der Waals surface area contributed by atoms with Crippen molar-refractivity contribution in [3.8, 4) is 11.1 Å². The van der Waals surface area contributed by atoms with Crippen LogP contribution in [0.3, 0.4) is 0 Å². The third-order valence-corrected chi connectivity index (χ3v) is 5.41. The number of carbonyl (C=O) groups is 2. The van der Waals surface area contributed by atoms with E-state index < -0.39 is 12.1 Å². The number of hydrogen-bond donors (Lipinski definition) is 1. The van der Waals surface area contributed by atoms with Crippen molar-refractivity contribution in [3.05, 3.63) is 95.6 Å². The fraction of sp³-hybridized carbons (Fsp3) is 0.200. The molecule has 1 aliphatic rings. The van der Waals surface area contributed by atoms with Gasteiger partial charge in [0.05, 0.1) is 6.04 Å². The molecule has 0 saturated heterocycles.